The predicted molar refractivity (Wildman–Crippen MR) is 258 cm³/mol. The molecule has 15 nitrogen and oxygen atoms in total. The summed E-state index contributed by atoms with van der Waals surface area (Å²) in [5, 5.41) is 37.5. The summed E-state index contributed by atoms with van der Waals surface area (Å²) in [5.74, 6) is -7.96. The first-order chi connectivity index (χ1) is 32.2. The number of aliphatic hydroxyl groups is 3. The molecule has 384 valence electrons. The van der Waals surface area contributed by atoms with E-state index in [1.54, 1.807) is 41.1 Å². The summed E-state index contributed by atoms with van der Waals surface area (Å²) in [4.78, 5) is 72.2. The lowest BCUT2D eigenvalue weighted by Crippen LogP contribution is -2.61. The molecule has 4 rings (SSSR count). The molecule has 1 saturated carbocycles. The van der Waals surface area contributed by atoms with Gasteiger partial charge in [-0.2, -0.15) is 0 Å². The first kappa shape index (κ1) is 57.2. The Balaban J connectivity index is 1.72. The average molecular weight is 957 g/mol. The molecule has 4 aliphatic rings. The smallest absolute Gasteiger partial charge is 0.329 e. The zero-order valence-electron chi connectivity index (χ0n) is 42.5. The minimum Gasteiger partial charge on any atom is -0.460 e. The number of ether oxygens (including phenoxy) is 5. The van der Waals surface area contributed by atoms with Crippen molar-refractivity contribution in [2.75, 3.05) is 41.0 Å². The van der Waals surface area contributed by atoms with Crippen LogP contribution in [0.4, 0.5) is 0 Å². The Labute approximate surface area is 405 Å². The normalized spacial score (nSPS) is 39.2. The van der Waals surface area contributed by atoms with E-state index in [2.05, 4.69) is 5.32 Å². The third kappa shape index (κ3) is 15.5. The van der Waals surface area contributed by atoms with Crippen LogP contribution >= 0.6 is 0 Å². The number of aliphatic hydroxyl groups excluding tert-OH is 2. The number of fused-ring (bicyclic) bond motifs is 3. The second kappa shape index (κ2) is 27.3. The van der Waals surface area contributed by atoms with Crippen molar-refractivity contribution in [1.29, 1.82) is 0 Å². The van der Waals surface area contributed by atoms with Gasteiger partial charge in [-0.3, -0.25) is 19.2 Å². The van der Waals surface area contributed by atoms with Gasteiger partial charge in [-0.25, -0.2) is 4.79 Å². The van der Waals surface area contributed by atoms with E-state index in [0.717, 1.165) is 12.0 Å². The van der Waals surface area contributed by atoms with Crippen LogP contribution in [0, 0.1) is 35.5 Å². The van der Waals surface area contributed by atoms with Gasteiger partial charge in [-0.15, -0.1) is 0 Å². The second-order valence-electron chi connectivity index (χ2n) is 20.4. The quantitative estimate of drug-likeness (QED) is 0.0938. The van der Waals surface area contributed by atoms with E-state index in [1.807, 2.05) is 58.1 Å². The van der Waals surface area contributed by atoms with E-state index in [-0.39, 0.29) is 60.9 Å². The van der Waals surface area contributed by atoms with Gasteiger partial charge in [0.25, 0.3) is 11.7 Å². The fourth-order valence-corrected chi connectivity index (χ4v) is 10.4. The summed E-state index contributed by atoms with van der Waals surface area (Å²) in [6.07, 6.45) is 11.9. The lowest BCUT2D eigenvalue weighted by Gasteiger charge is -2.43. The zero-order valence-corrected chi connectivity index (χ0v) is 42.5. The maximum absolute atomic E-state index is 14.4. The number of nitrogens with zero attached hydrogens (tertiary/aromatic N) is 1. The minimum absolute atomic E-state index is 0.0163. The van der Waals surface area contributed by atoms with E-state index in [0.29, 0.717) is 76.5 Å². The maximum Gasteiger partial charge on any atom is 0.329 e. The molecule has 3 fully saturated rings. The van der Waals surface area contributed by atoms with Crippen molar-refractivity contribution in [3.8, 4) is 0 Å². The largest absolute Gasteiger partial charge is 0.460 e. The van der Waals surface area contributed by atoms with Crippen LogP contribution in [0.25, 0.3) is 0 Å². The lowest BCUT2D eigenvalue weighted by molar-refractivity contribution is -0.264. The highest BCUT2D eigenvalue weighted by molar-refractivity contribution is 6.39. The van der Waals surface area contributed by atoms with Gasteiger partial charge in [0.2, 0.25) is 5.79 Å². The van der Waals surface area contributed by atoms with E-state index < -0.39 is 77.8 Å². The van der Waals surface area contributed by atoms with E-state index in [9.17, 15) is 39.3 Å². The second-order valence-corrected chi connectivity index (χ2v) is 20.4. The molecule has 15 heteroatoms. The van der Waals surface area contributed by atoms with Gasteiger partial charge < -0.3 is 49.2 Å². The summed E-state index contributed by atoms with van der Waals surface area (Å²) < 4.78 is 29.0. The average Bonchev–Trinajstić information content (AvgIpc) is 3.31. The first-order valence-electron chi connectivity index (χ1n) is 25.1. The molecule has 68 heavy (non-hydrogen) atoms. The zero-order chi connectivity index (χ0) is 50.3. The number of carbonyl (C=O) groups is 5. The first-order valence-corrected chi connectivity index (χ1v) is 25.1. The number of piperidine rings is 1. The number of hydrogen-bond donors (Lipinski definition) is 4. The fraction of sp³-hybridized carbons (Fsp3) is 0.755. The summed E-state index contributed by atoms with van der Waals surface area (Å²) in [6, 6.07) is -1.37. The van der Waals surface area contributed by atoms with Crippen molar-refractivity contribution in [1.82, 2.24) is 10.2 Å². The van der Waals surface area contributed by atoms with Crippen molar-refractivity contribution in [2.45, 2.75) is 180 Å². The molecule has 3 aliphatic heterocycles. The van der Waals surface area contributed by atoms with Crippen LogP contribution in [-0.2, 0) is 47.7 Å². The Morgan fingerprint density at radius 1 is 0.882 bits per heavy atom. The van der Waals surface area contributed by atoms with Crippen LogP contribution in [0.15, 0.2) is 47.6 Å². The molecule has 3 heterocycles. The van der Waals surface area contributed by atoms with Gasteiger partial charge in [0.15, 0.2) is 5.78 Å². The fourth-order valence-electron chi connectivity index (χ4n) is 10.4. The molecular formula is C53H84N2O13. The van der Waals surface area contributed by atoms with Crippen molar-refractivity contribution in [2.24, 2.45) is 35.5 Å². The third-order valence-electron chi connectivity index (χ3n) is 15.0. The molecule has 0 spiro atoms. The molecule has 0 radical (unpaired) electrons. The monoisotopic (exact) mass is 957 g/mol. The van der Waals surface area contributed by atoms with Crippen LogP contribution in [0.3, 0.4) is 0 Å². The van der Waals surface area contributed by atoms with Crippen LogP contribution in [0.2, 0.25) is 0 Å². The number of Topliss-reactive ketones (excluding diaryl/α,β-unsaturated/α-hetero) is 3. The van der Waals surface area contributed by atoms with E-state index in [1.165, 1.54) is 12.0 Å². The van der Waals surface area contributed by atoms with Gasteiger partial charge in [0, 0.05) is 64.6 Å². The lowest BCUT2D eigenvalue weighted by atomic mass is 9.78. The molecule has 2 saturated heterocycles. The molecule has 15 unspecified atom stereocenters. The molecule has 0 aromatic heterocycles. The van der Waals surface area contributed by atoms with Crippen molar-refractivity contribution >= 4 is 29.2 Å². The van der Waals surface area contributed by atoms with Crippen molar-refractivity contribution in [3.63, 3.8) is 0 Å². The van der Waals surface area contributed by atoms with Crippen LogP contribution in [-0.4, -0.2) is 145 Å². The Hall–Kier alpha value is -3.41. The highest BCUT2D eigenvalue weighted by atomic mass is 16.6. The highest BCUT2D eigenvalue weighted by Gasteiger charge is 2.53. The molecule has 4 N–H and O–H groups in total. The number of esters is 1. The van der Waals surface area contributed by atoms with Gasteiger partial charge in [0.05, 0.1) is 24.9 Å². The summed E-state index contributed by atoms with van der Waals surface area (Å²) in [7, 11) is 4.57. The third-order valence-corrected chi connectivity index (χ3v) is 15.0. The van der Waals surface area contributed by atoms with E-state index in [4.69, 9.17) is 23.7 Å². The Morgan fingerprint density at radius 3 is 2.31 bits per heavy atom. The van der Waals surface area contributed by atoms with Gasteiger partial charge in [0.1, 0.15) is 30.1 Å². The summed E-state index contributed by atoms with van der Waals surface area (Å²) in [6.45, 7) is 13.8. The number of ketones is 3. The molecule has 0 aromatic carbocycles. The van der Waals surface area contributed by atoms with Crippen LogP contribution in [0.5, 0.6) is 0 Å². The molecule has 0 aromatic rings. The molecule has 1 amide bonds. The molecule has 15 atom stereocenters. The summed E-state index contributed by atoms with van der Waals surface area (Å²) >= 11 is 0. The number of nitrogens with one attached hydrogen (secondary N) is 1. The SMILES string of the molecule is COCCNC1CC2CCC(C)C(O)(O2)C(=O)C(=O)N2CCCCC2C(=O)OC(C(C)CC2CCC(O)C(OC)C2)CC(=O)C(C)/C=C(\C)C(O)C(OC)C(=O)C(C)CC(C)/C=C/C=C/C=C/1C. The van der Waals surface area contributed by atoms with Crippen molar-refractivity contribution in [3.05, 3.63) is 47.6 Å². The van der Waals surface area contributed by atoms with Crippen molar-refractivity contribution < 1.29 is 63.0 Å². The Kier molecular flexibility index (Phi) is 22.9. The topological polar surface area (TPSA) is 207 Å². The molecular weight excluding hydrogens is 873 g/mol. The molecule has 2 bridgehead atoms. The number of amides is 1. The number of allylic oxidation sites excluding steroid dienone is 6. The van der Waals surface area contributed by atoms with E-state index >= 15 is 0 Å². The van der Waals surface area contributed by atoms with Gasteiger partial charge >= 0.3 is 5.97 Å². The minimum atomic E-state index is -2.43. The number of cyclic esters (lactones) is 1. The molecule has 1 aliphatic carbocycles. The Morgan fingerprint density at radius 2 is 1.62 bits per heavy atom. The van der Waals surface area contributed by atoms with Gasteiger partial charge in [-0.1, -0.05) is 76.6 Å². The highest BCUT2D eigenvalue weighted by Crippen LogP contribution is 2.37. The number of hydrogen-bond acceptors (Lipinski definition) is 14. The number of carbonyl (C=O) groups excluding carboxylic acids is 5. The van der Waals surface area contributed by atoms with Crippen LogP contribution in [0.1, 0.15) is 126 Å². The standard InChI is InChI=1S/C53H84N2O13/c1-32-16-12-11-13-17-33(2)41(54-23-25-64-8)30-40-21-19-38(7)53(63,68-40)50(60)51(61)55-24-15-14-18-42(55)52(62)67-45(35(4)28-39-20-22-43(56)46(29-39)65-9)31-44(57)34(3)27-37(6)48(59)49(66-10)47(58)36(5)26-32/h11-13,16-17,27,32,34-36,38-43,45-46,48-49,54,56,59,63H,14-15,18-26,28-31H2,1-10H3/b13-11+,16-12+,33-17+,37-27+. The predicted octanol–water partition coefficient (Wildman–Crippen LogP) is 5.77. The number of methoxy groups -OCH3 is 3. The van der Waals surface area contributed by atoms with Gasteiger partial charge in [-0.05, 0) is 108 Å². The van der Waals surface area contributed by atoms with Crippen LogP contribution < -0.4 is 5.32 Å². The Bertz CT molecular complexity index is 1810. The summed E-state index contributed by atoms with van der Waals surface area (Å²) in [5.41, 5.74) is 1.36. The maximum atomic E-state index is 14.4. The number of rotatable bonds is 9.